The molecule has 1 amide bonds. The van der Waals surface area contributed by atoms with E-state index in [9.17, 15) is 9.59 Å². The SMILES string of the molecule is CCOCCCNC(=O)c1cn(CC)c2ccc(C)cc2c1=O. The number of carbonyl (C=O) groups is 1. The van der Waals surface area contributed by atoms with Gasteiger partial charge in [0.1, 0.15) is 5.56 Å². The van der Waals surface area contributed by atoms with Crippen molar-refractivity contribution in [3.63, 3.8) is 0 Å². The van der Waals surface area contributed by atoms with Gasteiger partial charge >= 0.3 is 0 Å². The summed E-state index contributed by atoms with van der Waals surface area (Å²) < 4.78 is 7.17. The fraction of sp³-hybridized carbons (Fsp3) is 0.444. The average Bonchev–Trinajstić information content (AvgIpc) is 2.55. The molecule has 0 aliphatic carbocycles. The average molecular weight is 316 g/mol. The van der Waals surface area contributed by atoms with Gasteiger partial charge in [0.25, 0.3) is 5.91 Å². The third kappa shape index (κ3) is 3.99. The van der Waals surface area contributed by atoms with Gasteiger partial charge in [-0.3, -0.25) is 9.59 Å². The zero-order valence-electron chi connectivity index (χ0n) is 14.0. The molecule has 2 aromatic rings. The summed E-state index contributed by atoms with van der Waals surface area (Å²) >= 11 is 0. The van der Waals surface area contributed by atoms with E-state index >= 15 is 0 Å². The molecule has 1 aromatic carbocycles. The Labute approximate surface area is 136 Å². The third-order valence-corrected chi connectivity index (χ3v) is 3.78. The van der Waals surface area contributed by atoms with Crippen LogP contribution in [0.25, 0.3) is 10.9 Å². The Morgan fingerprint density at radius 3 is 2.78 bits per heavy atom. The fourth-order valence-electron chi connectivity index (χ4n) is 2.55. The van der Waals surface area contributed by atoms with Crippen LogP contribution in [0.5, 0.6) is 0 Å². The predicted octanol–water partition coefficient (Wildman–Crippen LogP) is 2.49. The number of nitrogens with one attached hydrogen (secondary N) is 1. The molecule has 0 saturated carbocycles. The summed E-state index contributed by atoms with van der Waals surface area (Å²) in [7, 11) is 0. The van der Waals surface area contributed by atoms with Gasteiger partial charge in [-0.1, -0.05) is 11.6 Å². The first kappa shape index (κ1) is 17.2. The lowest BCUT2D eigenvalue weighted by atomic mass is 10.1. The molecule has 0 spiro atoms. The molecule has 1 heterocycles. The lowest BCUT2D eigenvalue weighted by Crippen LogP contribution is -2.31. The molecule has 0 unspecified atom stereocenters. The highest BCUT2D eigenvalue weighted by Gasteiger charge is 2.14. The van der Waals surface area contributed by atoms with Crippen molar-refractivity contribution in [2.75, 3.05) is 19.8 Å². The quantitative estimate of drug-likeness (QED) is 0.798. The molecule has 5 nitrogen and oxygen atoms in total. The van der Waals surface area contributed by atoms with Crippen LogP contribution < -0.4 is 10.7 Å². The lowest BCUT2D eigenvalue weighted by molar-refractivity contribution is 0.0942. The van der Waals surface area contributed by atoms with Gasteiger partial charge in [-0.2, -0.15) is 0 Å². The van der Waals surface area contributed by atoms with Crippen molar-refractivity contribution in [2.45, 2.75) is 33.7 Å². The highest BCUT2D eigenvalue weighted by molar-refractivity contribution is 5.97. The zero-order chi connectivity index (χ0) is 16.8. The van der Waals surface area contributed by atoms with Gasteiger partial charge in [-0.05, 0) is 39.3 Å². The summed E-state index contributed by atoms with van der Waals surface area (Å²) in [5.41, 5.74) is 1.85. The number of fused-ring (bicyclic) bond motifs is 1. The van der Waals surface area contributed by atoms with E-state index in [0.29, 0.717) is 31.7 Å². The summed E-state index contributed by atoms with van der Waals surface area (Å²) in [6.45, 7) is 8.33. The Bertz CT molecular complexity index is 750. The largest absolute Gasteiger partial charge is 0.382 e. The second-order valence-electron chi connectivity index (χ2n) is 5.48. The Hall–Kier alpha value is -2.14. The summed E-state index contributed by atoms with van der Waals surface area (Å²) in [6, 6.07) is 5.75. The number of hydrogen-bond donors (Lipinski definition) is 1. The van der Waals surface area contributed by atoms with Gasteiger partial charge in [-0.25, -0.2) is 0 Å². The Kier molecular flexibility index (Phi) is 5.93. The maximum atomic E-state index is 12.6. The molecule has 0 fully saturated rings. The van der Waals surface area contributed by atoms with Crippen molar-refractivity contribution < 1.29 is 9.53 Å². The molecule has 1 aromatic heterocycles. The molecule has 23 heavy (non-hydrogen) atoms. The van der Waals surface area contributed by atoms with Gasteiger partial charge in [0.2, 0.25) is 5.43 Å². The van der Waals surface area contributed by atoms with E-state index in [1.54, 1.807) is 6.20 Å². The molecule has 0 aliphatic rings. The monoisotopic (exact) mass is 316 g/mol. The molecule has 0 radical (unpaired) electrons. The molecule has 1 N–H and O–H groups in total. The number of hydrogen-bond acceptors (Lipinski definition) is 3. The molecule has 0 saturated heterocycles. The van der Waals surface area contributed by atoms with Crippen LogP contribution in [0, 0.1) is 6.92 Å². The van der Waals surface area contributed by atoms with Crippen LogP contribution in [0.2, 0.25) is 0 Å². The van der Waals surface area contributed by atoms with Crippen molar-refractivity contribution in [1.29, 1.82) is 0 Å². The summed E-state index contributed by atoms with van der Waals surface area (Å²) in [6.07, 6.45) is 2.38. The molecule has 0 bridgehead atoms. The second kappa shape index (κ2) is 7.92. The second-order valence-corrected chi connectivity index (χ2v) is 5.48. The molecule has 0 aliphatic heterocycles. The van der Waals surface area contributed by atoms with Crippen LogP contribution in [0.15, 0.2) is 29.2 Å². The van der Waals surface area contributed by atoms with Gasteiger partial charge < -0.3 is 14.6 Å². The minimum absolute atomic E-state index is 0.196. The molecular formula is C18H24N2O3. The molecule has 124 valence electrons. The van der Waals surface area contributed by atoms with Crippen molar-refractivity contribution in [2.24, 2.45) is 0 Å². The first-order valence-corrected chi connectivity index (χ1v) is 8.08. The van der Waals surface area contributed by atoms with Gasteiger partial charge in [0, 0.05) is 37.9 Å². The van der Waals surface area contributed by atoms with Crippen LogP contribution in [-0.4, -0.2) is 30.2 Å². The van der Waals surface area contributed by atoms with Crippen molar-refractivity contribution in [3.05, 3.63) is 45.7 Å². The lowest BCUT2D eigenvalue weighted by Gasteiger charge is -2.12. The number of carbonyl (C=O) groups excluding carboxylic acids is 1. The van der Waals surface area contributed by atoms with Gasteiger partial charge in [0.15, 0.2) is 0 Å². The predicted molar refractivity (Wildman–Crippen MR) is 92.1 cm³/mol. The number of rotatable bonds is 7. The smallest absolute Gasteiger partial charge is 0.256 e. The van der Waals surface area contributed by atoms with E-state index in [-0.39, 0.29) is 16.9 Å². The number of nitrogens with zero attached hydrogens (tertiary/aromatic N) is 1. The minimum atomic E-state index is -0.322. The highest BCUT2D eigenvalue weighted by Crippen LogP contribution is 2.14. The first-order valence-electron chi connectivity index (χ1n) is 8.08. The topological polar surface area (TPSA) is 60.3 Å². The Morgan fingerprint density at radius 2 is 2.09 bits per heavy atom. The van der Waals surface area contributed by atoms with Crippen molar-refractivity contribution in [1.82, 2.24) is 9.88 Å². The summed E-state index contributed by atoms with van der Waals surface area (Å²) in [5, 5.41) is 3.39. The number of ether oxygens (including phenoxy) is 1. The Morgan fingerprint density at radius 1 is 1.30 bits per heavy atom. The van der Waals surface area contributed by atoms with E-state index in [1.807, 2.05) is 43.5 Å². The van der Waals surface area contributed by atoms with Crippen molar-refractivity contribution >= 4 is 16.8 Å². The molecule has 2 rings (SSSR count). The standard InChI is InChI=1S/C18H24N2O3/c1-4-20-12-15(18(22)19-9-6-10-23-5-2)17(21)14-11-13(3)7-8-16(14)20/h7-8,11-12H,4-6,9-10H2,1-3H3,(H,19,22). The van der Waals surface area contributed by atoms with E-state index in [1.165, 1.54) is 0 Å². The van der Waals surface area contributed by atoms with Crippen LogP contribution in [-0.2, 0) is 11.3 Å². The molecular weight excluding hydrogens is 292 g/mol. The van der Waals surface area contributed by atoms with E-state index in [0.717, 1.165) is 17.5 Å². The van der Waals surface area contributed by atoms with E-state index in [2.05, 4.69) is 5.32 Å². The normalized spacial score (nSPS) is 10.9. The number of amides is 1. The minimum Gasteiger partial charge on any atom is -0.382 e. The van der Waals surface area contributed by atoms with Crippen LogP contribution in [0.3, 0.4) is 0 Å². The maximum Gasteiger partial charge on any atom is 0.256 e. The van der Waals surface area contributed by atoms with E-state index in [4.69, 9.17) is 4.74 Å². The number of aromatic nitrogens is 1. The van der Waals surface area contributed by atoms with Crippen molar-refractivity contribution in [3.8, 4) is 0 Å². The first-order chi connectivity index (χ1) is 11.1. The highest BCUT2D eigenvalue weighted by atomic mass is 16.5. The zero-order valence-corrected chi connectivity index (χ0v) is 14.0. The van der Waals surface area contributed by atoms with Crippen LogP contribution in [0.4, 0.5) is 0 Å². The number of benzene rings is 1. The number of aryl methyl sites for hydroxylation is 2. The van der Waals surface area contributed by atoms with Gasteiger partial charge in [0.05, 0.1) is 5.52 Å². The fourth-order valence-corrected chi connectivity index (χ4v) is 2.55. The molecule has 0 atom stereocenters. The van der Waals surface area contributed by atoms with Gasteiger partial charge in [-0.15, -0.1) is 0 Å². The molecule has 5 heteroatoms. The summed E-state index contributed by atoms with van der Waals surface area (Å²) in [5.74, 6) is -0.322. The van der Waals surface area contributed by atoms with E-state index < -0.39 is 0 Å². The van der Waals surface area contributed by atoms with Crippen LogP contribution in [0.1, 0.15) is 36.2 Å². The maximum absolute atomic E-state index is 12.6. The Balaban J connectivity index is 2.28. The number of pyridine rings is 1. The van der Waals surface area contributed by atoms with Crippen LogP contribution >= 0.6 is 0 Å². The summed E-state index contributed by atoms with van der Waals surface area (Å²) in [4.78, 5) is 25.0. The third-order valence-electron chi connectivity index (χ3n) is 3.78.